The van der Waals surface area contributed by atoms with Crippen LogP contribution < -0.4 is 10.6 Å². The number of phenols is 1. The number of hydrogen-bond acceptors (Lipinski definition) is 9. The Morgan fingerprint density at radius 2 is 1.47 bits per heavy atom. The maximum Gasteiger partial charge on any atom is 0.408 e. The number of carbonyl (C=O) groups excluding carboxylic acids is 4. The third kappa shape index (κ3) is 7.78. The van der Waals surface area contributed by atoms with Gasteiger partial charge < -0.3 is 35.2 Å². The summed E-state index contributed by atoms with van der Waals surface area (Å²) in [5, 5.41) is 23.9. The minimum absolute atomic E-state index is 0.0333. The normalized spacial score (nSPS) is 20.2. The van der Waals surface area contributed by atoms with Gasteiger partial charge in [0.1, 0.15) is 34.1 Å². The monoisotopic (exact) mass is 659 g/mol. The first-order valence-electron chi connectivity index (χ1n) is 15.1. The minimum atomic E-state index is -1.26. The lowest BCUT2D eigenvalue weighted by atomic mass is 10.0. The van der Waals surface area contributed by atoms with Gasteiger partial charge in [-0.3, -0.25) is 14.4 Å². The van der Waals surface area contributed by atoms with Crippen molar-refractivity contribution in [2.75, 3.05) is 0 Å². The summed E-state index contributed by atoms with van der Waals surface area (Å²) < 4.78 is 11.4. The first kappa shape index (κ1) is 33.6. The predicted molar refractivity (Wildman–Crippen MR) is 175 cm³/mol. The number of phenolic OH excluding ortho intramolecular Hbond substituents is 1. The van der Waals surface area contributed by atoms with Crippen LogP contribution >= 0.6 is 11.8 Å². The molecule has 5 rings (SSSR count). The van der Waals surface area contributed by atoms with E-state index in [-0.39, 0.29) is 5.75 Å². The number of nitrogens with one attached hydrogen (secondary N) is 2. The van der Waals surface area contributed by atoms with Gasteiger partial charge in [0.25, 0.3) is 5.91 Å². The molecule has 5 atom stereocenters. The molecule has 1 saturated heterocycles. The van der Waals surface area contributed by atoms with Gasteiger partial charge >= 0.3 is 12.1 Å². The van der Waals surface area contributed by atoms with Gasteiger partial charge in [-0.15, -0.1) is 11.8 Å². The van der Waals surface area contributed by atoms with E-state index in [0.717, 1.165) is 22.9 Å². The first-order valence-corrected chi connectivity index (χ1v) is 16.0. The van der Waals surface area contributed by atoms with Crippen molar-refractivity contribution >= 4 is 35.6 Å². The van der Waals surface area contributed by atoms with Crippen LogP contribution in [0, 0.1) is 0 Å². The molecular weight excluding hydrogens is 622 g/mol. The van der Waals surface area contributed by atoms with E-state index in [9.17, 15) is 29.4 Å². The zero-order chi connectivity index (χ0) is 33.9. The number of benzene rings is 3. The van der Waals surface area contributed by atoms with Gasteiger partial charge in [0, 0.05) is 6.20 Å². The van der Waals surface area contributed by atoms with Crippen LogP contribution in [-0.4, -0.2) is 67.4 Å². The molecule has 2 aliphatic rings. The number of aromatic hydroxyl groups is 1. The Balaban J connectivity index is 1.36. The topological polar surface area (TPSA) is 154 Å². The second-order valence-corrected chi connectivity index (χ2v) is 13.5. The summed E-state index contributed by atoms with van der Waals surface area (Å²) in [6.07, 6.45) is -1.19. The third-order valence-corrected chi connectivity index (χ3v) is 9.04. The minimum Gasteiger partial charge on any atom is -0.508 e. The van der Waals surface area contributed by atoms with Crippen molar-refractivity contribution in [3.05, 3.63) is 113 Å². The lowest BCUT2D eigenvalue weighted by Gasteiger charge is -2.49. The maximum absolute atomic E-state index is 13.8. The van der Waals surface area contributed by atoms with Gasteiger partial charge in [-0.25, -0.2) is 4.79 Å². The van der Waals surface area contributed by atoms with Gasteiger partial charge in [-0.1, -0.05) is 72.8 Å². The maximum atomic E-state index is 13.8. The van der Waals surface area contributed by atoms with E-state index < -0.39 is 64.4 Å². The Bertz CT molecular complexity index is 1600. The van der Waals surface area contributed by atoms with Crippen molar-refractivity contribution < 1.29 is 38.9 Å². The van der Waals surface area contributed by atoms with Gasteiger partial charge in [-0.05, 0) is 62.1 Å². The number of thioether (sulfide) groups is 1. The van der Waals surface area contributed by atoms with Crippen LogP contribution in [-0.2, 0) is 23.9 Å². The summed E-state index contributed by atoms with van der Waals surface area (Å²) in [6, 6.07) is 22.0. The molecule has 3 aromatic rings. The van der Waals surface area contributed by atoms with Gasteiger partial charge in [0.2, 0.25) is 5.91 Å². The summed E-state index contributed by atoms with van der Waals surface area (Å²) in [4.78, 5) is 54.7. The van der Waals surface area contributed by atoms with Gasteiger partial charge in [0.05, 0.1) is 6.10 Å². The highest BCUT2D eigenvalue weighted by Gasteiger charge is 2.54. The molecule has 4 N–H and O–H groups in total. The highest BCUT2D eigenvalue weighted by molar-refractivity contribution is 8.01. The number of alkyl carbamates (subject to hydrolysis) is 1. The number of esters is 1. The number of aliphatic hydroxyl groups excluding tert-OH is 1. The molecule has 0 aromatic heterocycles. The summed E-state index contributed by atoms with van der Waals surface area (Å²) >= 11 is 1.09. The van der Waals surface area contributed by atoms with Crippen molar-refractivity contribution in [1.82, 2.24) is 15.5 Å². The summed E-state index contributed by atoms with van der Waals surface area (Å²) in [5.74, 6) is -1.79. The molecule has 0 bridgehead atoms. The van der Waals surface area contributed by atoms with Crippen LogP contribution in [0.1, 0.15) is 56.5 Å². The van der Waals surface area contributed by atoms with Crippen LogP contribution in [0.15, 0.2) is 96.7 Å². The van der Waals surface area contributed by atoms with E-state index in [1.54, 1.807) is 20.8 Å². The number of carbonyl (C=O) groups is 4. The second kappa shape index (κ2) is 13.9. The predicted octanol–water partition coefficient (Wildman–Crippen LogP) is 4.32. The van der Waals surface area contributed by atoms with Crippen molar-refractivity contribution in [3.8, 4) is 5.75 Å². The van der Waals surface area contributed by atoms with E-state index in [4.69, 9.17) is 9.47 Å². The number of fused-ring (bicyclic) bond motifs is 1. The largest absolute Gasteiger partial charge is 0.508 e. The van der Waals surface area contributed by atoms with Crippen LogP contribution in [0.4, 0.5) is 4.79 Å². The molecule has 3 amide bonds. The van der Waals surface area contributed by atoms with Crippen molar-refractivity contribution in [2.24, 2.45) is 0 Å². The molecule has 3 aromatic carbocycles. The number of rotatable bonds is 9. The molecule has 12 heteroatoms. The average Bonchev–Trinajstić information content (AvgIpc) is 3.04. The highest BCUT2D eigenvalue weighted by atomic mass is 32.2. The molecular formula is C35H37N3O8S. The van der Waals surface area contributed by atoms with Crippen molar-refractivity contribution in [2.45, 2.75) is 68.2 Å². The van der Waals surface area contributed by atoms with E-state index in [1.807, 2.05) is 60.7 Å². The Morgan fingerprint density at radius 1 is 0.894 bits per heavy atom. The van der Waals surface area contributed by atoms with E-state index in [0.29, 0.717) is 11.1 Å². The molecule has 11 nitrogen and oxygen atoms in total. The Labute approximate surface area is 276 Å². The summed E-state index contributed by atoms with van der Waals surface area (Å²) in [7, 11) is 0. The fraction of sp³-hybridized carbons (Fsp3) is 0.314. The molecule has 47 heavy (non-hydrogen) atoms. The molecule has 0 saturated carbocycles. The van der Waals surface area contributed by atoms with E-state index in [1.165, 1.54) is 42.3 Å². The molecule has 1 fully saturated rings. The molecule has 0 spiro atoms. The zero-order valence-electron chi connectivity index (χ0n) is 26.3. The highest BCUT2D eigenvalue weighted by Crippen LogP contribution is 2.43. The number of β-lactam (4-membered cyclic amide) rings is 1. The number of aliphatic hydroxyl groups is 1. The summed E-state index contributed by atoms with van der Waals surface area (Å²) in [5.41, 5.74) is 1.33. The first-order chi connectivity index (χ1) is 22.3. The second-order valence-electron chi connectivity index (χ2n) is 12.3. The Kier molecular flexibility index (Phi) is 9.92. The fourth-order valence-electron chi connectivity index (χ4n) is 5.26. The third-order valence-electron chi connectivity index (χ3n) is 7.53. The van der Waals surface area contributed by atoms with Crippen LogP contribution in [0.5, 0.6) is 5.75 Å². The van der Waals surface area contributed by atoms with Crippen molar-refractivity contribution in [3.63, 3.8) is 0 Å². The number of hydrogen-bond donors (Lipinski definition) is 4. The number of nitrogens with zero attached hydrogens (tertiary/aromatic N) is 1. The molecule has 0 radical (unpaired) electrons. The van der Waals surface area contributed by atoms with Gasteiger partial charge in [-0.2, -0.15) is 0 Å². The van der Waals surface area contributed by atoms with Crippen molar-refractivity contribution in [1.29, 1.82) is 0 Å². The lowest BCUT2D eigenvalue weighted by Crippen LogP contribution is -2.70. The Morgan fingerprint density at radius 3 is 2.00 bits per heavy atom. The molecule has 246 valence electrons. The fourth-order valence-corrected chi connectivity index (χ4v) is 6.75. The molecule has 2 heterocycles. The van der Waals surface area contributed by atoms with E-state index in [2.05, 4.69) is 10.6 Å². The molecule has 2 aliphatic heterocycles. The van der Waals surface area contributed by atoms with Crippen LogP contribution in [0.2, 0.25) is 0 Å². The van der Waals surface area contributed by atoms with Crippen LogP contribution in [0.3, 0.4) is 0 Å². The number of amides is 3. The molecule has 0 aliphatic carbocycles. The van der Waals surface area contributed by atoms with Gasteiger partial charge in [0.15, 0.2) is 6.10 Å². The molecule has 4 unspecified atom stereocenters. The standard InChI is InChI=1S/C35H37N3O8S/c1-20(39)25-19-38-31(42)27(36-30(41)26(21-15-17-24(40)18-16-21)37-34(44)46-35(2,3)4)32(38)47-29(25)33(43)45-28(22-11-7-5-8-12-22)23-13-9-6-10-14-23/h5-20,26-29,32,39-40H,1-4H3,(H,36,41)(H,37,44)/t20?,26?,27?,29?,32-/m1/s1. The smallest absolute Gasteiger partial charge is 0.408 e. The summed E-state index contributed by atoms with van der Waals surface area (Å²) in [6.45, 7) is 6.56. The quantitative estimate of drug-likeness (QED) is 0.194. The van der Waals surface area contributed by atoms with E-state index >= 15 is 0 Å². The average molecular weight is 660 g/mol. The Hall–Kier alpha value is -4.81. The lowest BCUT2D eigenvalue weighted by molar-refractivity contribution is -0.148. The van der Waals surface area contributed by atoms with Crippen LogP contribution in [0.25, 0.3) is 0 Å². The number of ether oxygens (including phenoxy) is 2. The zero-order valence-corrected chi connectivity index (χ0v) is 27.1. The SMILES string of the molecule is CC(O)C1=CN2C(=O)C(NC(=O)C(NC(=O)OC(C)(C)C)c3ccc(O)cc3)[C@H]2SC1C(=O)OC(c1ccccc1)c1ccccc1.